The number of hydrogen-bond acceptors (Lipinski definition) is 4. The van der Waals surface area contributed by atoms with Gasteiger partial charge in [0.25, 0.3) is 0 Å². The van der Waals surface area contributed by atoms with E-state index in [9.17, 15) is 19.1 Å². The number of benzene rings is 1. The molecule has 0 aromatic heterocycles. The second kappa shape index (κ2) is 8.69. The summed E-state index contributed by atoms with van der Waals surface area (Å²) in [5, 5.41) is 16.3. The molecule has 1 aromatic carbocycles. The second-order valence-electron chi connectivity index (χ2n) is 10.0. The van der Waals surface area contributed by atoms with Gasteiger partial charge >= 0.3 is 5.97 Å². The summed E-state index contributed by atoms with van der Waals surface area (Å²) in [5.41, 5.74) is 0.439. The molecule has 1 aliphatic heterocycles. The van der Waals surface area contributed by atoms with Crippen LogP contribution < -0.4 is 10.6 Å². The third-order valence-electron chi connectivity index (χ3n) is 8.68. The summed E-state index contributed by atoms with van der Waals surface area (Å²) < 4.78 is 14.8. The molecular formula is C24H31BrFN3O3. The number of carboxylic acids is 1. The molecule has 2 bridgehead atoms. The van der Waals surface area contributed by atoms with Gasteiger partial charge in [0.15, 0.2) is 0 Å². The third-order valence-corrected chi connectivity index (χ3v) is 9.18. The largest absolute Gasteiger partial charge is 0.481 e. The highest BCUT2D eigenvalue weighted by atomic mass is 79.9. The topological polar surface area (TPSA) is 81.7 Å². The maximum absolute atomic E-state index is 14.2. The van der Waals surface area contributed by atoms with Crippen molar-refractivity contribution < 1.29 is 19.1 Å². The fraction of sp³-hybridized carbons (Fsp3) is 0.667. The Morgan fingerprint density at radius 3 is 2.62 bits per heavy atom. The normalized spacial score (nSPS) is 35.9. The second-order valence-corrected chi connectivity index (χ2v) is 10.9. The van der Waals surface area contributed by atoms with Gasteiger partial charge in [-0.05, 0) is 67.5 Å². The van der Waals surface area contributed by atoms with E-state index < -0.39 is 17.8 Å². The molecule has 2 unspecified atom stereocenters. The summed E-state index contributed by atoms with van der Waals surface area (Å²) in [6.45, 7) is 5.35. The average Bonchev–Trinajstić information content (AvgIpc) is 3.31. The van der Waals surface area contributed by atoms with Crippen molar-refractivity contribution in [3.05, 3.63) is 34.1 Å². The minimum atomic E-state index is -0.848. The molecule has 3 aliphatic carbocycles. The van der Waals surface area contributed by atoms with Gasteiger partial charge in [0, 0.05) is 42.8 Å². The van der Waals surface area contributed by atoms with Crippen LogP contribution in [-0.2, 0) is 16.1 Å². The number of rotatable bonds is 7. The van der Waals surface area contributed by atoms with Crippen LogP contribution in [0.5, 0.6) is 0 Å². The lowest BCUT2D eigenvalue weighted by Gasteiger charge is -2.27. The average molecular weight is 508 g/mol. The number of aliphatic carboxylic acids is 1. The number of nitrogens with one attached hydrogen (secondary N) is 2. The zero-order valence-electron chi connectivity index (χ0n) is 18.2. The lowest BCUT2D eigenvalue weighted by molar-refractivity contribution is -0.149. The number of carbonyl (C=O) groups excluding carboxylic acids is 1. The molecule has 4 fully saturated rings. The fourth-order valence-corrected chi connectivity index (χ4v) is 7.59. The van der Waals surface area contributed by atoms with Crippen LogP contribution in [0, 0.1) is 40.8 Å². The predicted molar refractivity (Wildman–Crippen MR) is 121 cm³/mol. The number of carboxylic acid groups (broad SMARTS) is 1. The molecule has 0 radical (unpaired) electrons. The first kappa shape index (κ1) is 22.3. The standard InChI is InChI=1S/C24H31BrFN3O3/c25-16-2-1-14(19(26)11-16)13-28-22(30)20-17-3-4-18(21(20)23(31)32)24(17)12-15(24)5-8-29-9-6-27-7-10-29/h1-2,11,15,17-18,20-21,27H,3-10,12-13H2,(H,28,30)(H,31,32)/t15?,17-,18+,20+,21+,24?/m0/s1. The molecule has 6 atom stereocenters. The Bertz CT molecular complexity index is 908. The monoisotopic (exact) mass is 507 g/mol. The molecule has 32 heavy (non-hydrogen) atoms. The summed E-state index contributed by atoms with van der Waals surface area (Å²) in [6, 6.07) is 4.76. The van der Waals surface area contributed by atoms with Crippen molar-refractivity contribution in [3.8, 4) is 0 Å². The van der Waals surface area contributed by atoms with Crippen molar-refractivity contribution in [2.75, 3.05) is 32.7 Å². The Morgan fingerprint density at radius 1 is 1.22 bits per heavy atom. The molecule has 3 saturated carbocycles. The van der Waals surface area contributed by atoms with E-state index in [-0.39, 0.29) is 35.5 Å². The van der Waals surface area contributed by atoms with Crippen LogP contribution in [0.4, 0.5) is 4.39 Å². The van der Waals surface area contributed by atoms with Crippen molar-refractivity contribution in [1.29, 1.82) is 0 Å². The van der Waals surface area contributed by atoms with Crippen LogP contribution in [0.15, 0.2) is 22.7 Å². The molecule has 1 amide bonds. The van der Waals surface area contributed by atoms with E-state index in [1.165, 1.54) is 6.07 Å². The van der Waals surface area contributed by atoms with Crippen LogP contribution >= 0.6 is 15.9 Å². The zero-order chi connectivity index (χ0) is 22.5. The van der Waals surface area contributed by atoms with Gasteiger partial charge in [-0.15, -0.1) is 0 Å². The Balaban J connectivity index is 1.26. The van der Waals surface area contributed by atoms with E-state index in [1.807, 2.05) is 0 Å². The molecule has 4 aliphatic rings. The van der Waals surface area contributed by atoms with Gasteiger partial charge < -0.3 is 20.6 Å². The van der Waals surface area contributed by atoms with Crippen molar-refractivity contribution in [3.63, 3.8) is 0 Å². The number of halogens is 2. The van der Waals surface area contributed by atoms with E-state index >= 15 is 0 Å². The van der Waals surface area contributed by atoms with Crippen LogP contribution in [0.25, 0.3) is 0 Å². The Kier molecular flexibility index (Phi) is 6.05. The minimum absolute atomic E-state index is 0.0297. The molecule has 5 rings (SSSR count). The summed E-state index contributed by atoms with van der Waals surface area (Å²) in [5.74, 6) is -1.82. The SMILES string of the molecule is O=C(O)[C@H]1[C@H](C(=O)NCc2ccc(Br)cc2F)[C@@H]2CC[C@H]1C21CC1CCN1CCNCC1. The minimum Gasteiger partial charge on any atom is -0.481 e. The zero-order valence-corrected chi connectivity index (χ0v) is 19.7. The van der Waals surface area contributed by atoms with Crippen molar-refractivity contribution in [2.45, 2.75) is 32.2 Å². The van der Waals surface area contributed by atoms with Gasteiger partial charge in [-0.1, -0.05) is 22.0 Å². The molecule has 1 heterocycles. The highest BCUT2D eigenvalue weighted by molar-refractivity contribution is 9.10. The van der Waals surface area contributed by atoms with Gasteiger partial charge in [-0.3, -0.25) is 9.59 Å². The van der Waals surface area contributed by atoms with Gasteiger partial charge in [-0.25, -0.2) is 4.39 Å². The molecular weight excluding hydrogens is 477 g/mol. The van der Waals surface area contributed by atoms with Crippen LogP contribution in [0.2, 0.25) is 0 Å². The smallest absolute Gasteiger partial charge is 0.307 e. The summed E-state index contributed by atoms with van der Waals surface area (Å²) in [6.07, 6.45) is 4.00. The van der Waals surface area contributed by atoms with E-state index in [1.54, 1.807) is 12.1 Å². The highest BCUT2D eigenvalue weighted by Gasteiger charge is 2.75. The molecule has 3 N–H and O–H groups in total. The molecule has 6 nitrogen and oxygen atoms in total. The number of amides is 1. The van der Waals surface area contributed by atoms with Gasteiger partial charge in [-0.2, -0.15) is 0 Å². The first-order valence-electron chi connectivity index (χ1n) is 11.8. The van der Waals surface area contributed by atoms with Gasteiger partial charge in [0.1, 0.15) is 5.82 Å². The molecule has 1 saturated heterocycles. The van der Waals surface area contributed by atoms with Crippen molar-refractivity contribution in [2.24, 2.45) is 35.0 Å². The number of nitrogens with zero attached hydrogens (tertiary/aromatic N) is 1. The fourth-order valence-electron chi connectivity index (χ4n) is 7.26. The Morgan fingerprint density at radius 2 is 1.94 bits per heavy atom. The Labute approximate surface area is 196 Å². The highest BCUT2D eigenvalue weighted by Crippen LogP contribution is 2.78. The van der Waals surface area contributed by atoms with E-state index in [4.69, 9.17) is 0 Å². The third kappa shape index (κ3) is 3.78. The molecule has 8 heteroatoms. The summed E-state index contributed by atoms with van der Waals surface area (Å²) >= 11 is 3.24. The number of piperazine rings is 1. The van der Waals surface area contributed by atoms with Crippen LogP contribution in [0.3, 0.4) is 0 Å². The van der Waals surface area contributed by atoms with Crippen LogP contribution in [-0.4, -0.2) is 54.6 Å². The molecule has 1 aromatic rings. The van der Waals surface area contributed by atoms with Crippen molar-refractivity contribution in [1.82, 2.24) is 15.5 Å². The maximum atomic E-state index is 14.2. The Hall–Kier alpha value is -1.51. The summed E-state index contributed by atoms with van der Waals surface area (Å²) in [7, 11) is 0. The maximum Gasteiger partial charge on any atom is 0.307 e. The van der Waals surface area contributed by atoms with E-state index in [2.05, 4.69) is 31.5 Å². The van der Waals surface area contributed by atoms with Gasteiger partial charge in [0.2, 0.25) is 5.91 Å². The molecule has 1 spiro atoms. The lowest BCUT2D eigenvalue weighted by atomic mass is 9.78. The van der Waals surface area contributed by atoms with Gasteiger partial charge in [0.05, 0.1) is 11.8 Å². The number of hydrogen-bond donors (Lipinski definition) is 3. The van der Waals surface area contributed by atoms with E-state index in [0.717, 1.165) is 58.4 Å². The number of carbonyl (C=O) groups is 2. The van der Waals surface area contributed by atoms with E-state index in [0.29, 0.717) is 16.0 Å². The predicted octanol–water partition coefficient (Wildman–Crippen LogP) is 2.86. The first-order valence-corrected chi connectivity index (χ1v) is 12.6. The summed E-state index contributed by atoms with van der Waals surface area (Å²) in [4.78, 5) is 27.9. The lowest BCUT2D eigenvalue weighted by Crippen LogP contribution is -2.43. The van der Waals surface area contributed by atoms with Crippen LogP contribution in [0.1, 0.15) is 31.2 Å². The quantitative estimate of drug-likeness (QED) is 0.528. The van der Waals surface area contributed by atoms with Crippen molar-refractivity contribution >= 4 is 27.8 Å². The molecule has 174 valence electrons. The first-order chi connectivity index (χ1) is 15.4.